The van der Waals surface area contributed by atoms with Gasteiger partial charge in [0, 0.05) is 23.0 Å². The van der Waals surface area contributed by atoms with Crippen LogP contribution in [0.1, 0.15) is 31.9 Å². The van der Waals surface area contributed by atoms with Crippen molar-refractivity contribution < 1.29 is 0 Å². The molecule has 0 amide bonds. The van der Waals surface area contributed by atoms with Crippen molar-refractivity contribution in [3.05, 3.63) is 29.8 Å². The average molecular weight is 236 g/mol. The molecule has 0 bridgehead atoms. The highest BCUT2D eigenvalue weighted by Gasteiger charge is 2.22. The Morgan fingerprint density at radius 2 is 2.12 bits per heavy atom. The molecular weight excluding hydrogens is 216 g/mol. The first kappa shape index (κ1) is 12.0. The molecule has 16 heavy (non-hydrogen) atoms. The van der Waals surface area contributed by atoms with Crippen LogP contribution in [-0.4, -0.2) is 17.8 Å². The van der Waals surface area contributed by atoms with Crippen LogP contribution in [-0.2, 0) is 0 Å². The molecule has 88 valence electrons. The molecule has 0 spiro atoms. The maximum absolute atomic E-state index is 5.91. The summed E-state index contributed by atoms with van der Waals surface area (Å²) < 4.78 is 0. The second-order valence-electron chi connectivity index (χ2n) is 4.54. The van der Waals surface area contributed by atoms with Gasteiger partial charge in [-0.25, -0.2) is 0 Å². The first-order valence-electron chi connectivity index (χ1n) is 5.92. The SMILES string of the molecule is CC(N)C(C)NC1CCSc2ccccc21. The van der Waals surface area contributed by atoms with Gasteiger partial charge in [0.1, 0.15) is 0 Å². The molecule has 1 aromatic carbocycles. The van der Waals surface area contributed by atoms with E-state index in [0.29, 0.717) is 12.1 Å². The fourth-order valence-electron chi connectivity index (χ4n) is 1.98. The maximum atomic E-state index is 5.91. The first-order chi connectivity index (χ1) is 7.68. The molecule has 0 radical (unpaired) electrons. The highest BCUT2D eigenvalue weighted by molar-refractivity contribution is 7.99. The topological polar surface area (TPSA) is 38.0 Å². The third kappa shape index (κ3) is 2.59. The van der Waals surface area contributed by atoms with Crippen molar-refractivity contribution in [3.8, 4) is 0 Å². The zero-order chi connectivity index (χ0) is 11.5. The van der Waals surface area contributed by atoms with E-state index in [0.717, 1.165) is 0 Å². The summed E-state index contributed by atoms with van der Waals surface area (Å²) in [7, 11) is 0. The summed E-state index contributed by atoms with van der Waals surface area (Å²) >= 11 is 1.96. The van der Waals surface area contributed by atoms with Crippen LogP contribution in [0.15, 0.2) is 29.2 Å². The van der Waals surface area contributed by atoms with Crippen molar-refractivity contribution in [1.82, 2.24) is 5.32 Å². The number of hydrogen-bond donors (Lipinski definition) is 2. The molecule has 3 heteroatoms. The second-order valence-corrected chi connectivity index (χ2v) is 5.68. The molecule has 3 N–H and O–H groups in total. The van der Waals surface area contributed by atoms with Crippen molar-refractivity contribution in [3.63, 3.8) is 0 Å². The van der Waals surface area contributed by atoms with Gasteiger partial charge in [0.2, 0.25) is 0 Å². The molecule has 0 saturated heterocycles. The number of thioether (sulfide) groups is 1. The highest BCUT2D eigenvalue weighted by atomic mass is 32.2. The van der Waals surface area contributed by atoms with Crippen LogP contribution in [0.3, 0.4) is 0 Å². The molecule has 0 aromatic heterocycles. The maximum Gasteiger partial charge on any atom is 0.0342 e. The number of benzene rings is 1. The van der Waals surface area contributed by atoms with E-state index >= 15 is 0 Å². The lowest BCUT2D eigenvalue weighted by molar-refractivity contribution is 0.401. The number of rotatable bonds is 3. The van der Waals surface area contributed by atoms with E-state index in [1.807, 2.05) is 11.8 Å². The summed E-state index contributed by atoms with van der Waals surface area (Å²) in [5.41, 5.74) is 7.34. The minimum Gasteiger partial charge on any atom is -0.327 e. The molecule has 1 heterocycles. The van der Waals surface area contributed by atoms with Crippen LogP contribution in [0.5, 0.6) is 0 Å². The van der Waals surface area contributed by atoms with E-state index in [1.54, 1.807) is 0 Å². The van der Waals surface area contributed by atoms with Crippen LogP contribution in [0.4, 0.5) is 0 Å². The normalized spacial score (nSPS) is 23.6. The molecule has 1 aliphatic heterocycles. The summed E-state index contributed by atoms with van der Waals surface area (Å²) in [6.45, 7) is 4.22. The zero-order valence-electron chi connectivity index (χ0n) is 9.94. The molecule has 3 atom stereocenters. The quantitative estimate of drug-likeness (QED) is 0.847. The van der Waals surface area contributed by atoms with Crippen molar-refractivity contribution in [2.45, 2.75) is 43.3 Å². The van der Waals surface area contributed by atoms with Crippen molar-refractivity contribution in [1.29, 1.82) is 0 Å². The van der Waals surface area contributed by atoms with Gasteiger partial charge in [0.15, 0.2) is 0 Å². The summed E-state index contributed by atoms with van der Waals surface area (Å²) in [4.78, 5) is 1.42. The van der Waals surface area contributed by atoms with Gasteiger partial charge in [0.25, 0.3) is 0 Å². The molecule has 3 unspecified atom stereocenters. The smallest absolute Gasteiger partial charge is 0.0342 e. The monoisotopic (exact) mass is 236 g/mol. The van der Waals surface area contributed by atoms with E-state index in [9.17, 15) is 0 Å². The molecule has 1 aromatic rings. The first-order valence-corrected chi connectivity index (χ1v) is 6.90. The average Bonchev–Trinajstić information content (AvgIpc) is 2.29. The van der Waals surface area contributed by atoms with Crippen LogP contribution in [0.25, 0.3) is 0 Å². The third-order valence-corrected chi connectivity index (χ3v) is 4.33. The van der Waals surface area contributed by atoms with Gasteiger partial charge in [-0.1, -0.05) is 18.2 Å². The van der Waals surface area contributed by atoms with Crippen LogP contribution in [0, 0.1) is 0 Å². The fourth-order valence-corrected chi connectivity index (χ4v) is 3.11. The van der Waals surface area contributed by atoms with E-state index in [-0.39, 0.29) is 6.04 Å². The Hall–Kier alpha value is -0.510. The second kappa shape index (κ2) is 5.21. The molecular formula is C13H20N2S. The predicted molar refractivity (Wildman–Crippen MR) is 70.8 cm³/mol. The number of fused-ring (bicyclic) bond motifs is 1. The van der Waals surface area contributed by atoms with Gasteiger partial charge in [-0.2, -0.15) is 0 Å². The van der Waals surface area contributed by atoms with Gasteiger partial charge in [-0.3, -0.25) is 0 Å². The Balaban J connectivity index is 2.13. The largest absolute Gasteiger partial charge is 0.327 e. The number of nitrogens with one attached hydrogen (secondary N) is 1. The highest BCUT2D eigenvalue weighted by Crippen LogP contribution is 2.35. The van der Waals surface area contributed by atoms with Gasteiger partial charge >= 0.3 is 0 Å². The van der Waals surface area contributed by atoms with Crippen LogP contribution in [0.2, 0.25) is 0 Å². The Morgan fingerprint density at radius 3 is 2.88 bits per heavy atom. The van der Waals surface area contributed by atoms with Gasteiger partial charge in [-0.15, -0.1) is 11.8 Å². The van der Waals surface area contributed by atoms with Crippen molar-refractivity contribution in [2.75, 3.05) is 5.75 Å². The molecule has 0 saturated carbocycles. The van der Waals surface area contributed by atoms with Crippen LogP contribution >= 0.6 is 11.8 Å². The zero-order valence-corrected chi connectivity index (χ0v) is 10.8. The minimum absolute atomic E-state index is 0.196. The number of hydrogen-bond acceptors (Lipinski definition) is 3. The standard InChI is InChI=1S/C13H20N2S/c1-9(14)10(2)15-12-7-8-16-13-6-4-3-5-11(12)13/h3-6,9-10,12,15H,7-8,14H2,1-2H3. The molecule has 1 aliphatic rings. The van der Waals surface area contributed by atoms with E-state index in [2.05, 4.69) is 43.4 Å². The molecule has 0 fully saturated rings. The van der Waals surface area contributed by atoms with Gasteiger partial charge < -0.3 is 11.1 Å². The van der Waals surface area contributed by atoms with Crippen LogP contribution < -0.4 is 11.1 Å². The Bertz CT molecular complexity index is 352. The molecule has 2 nitrogen and oxygen atoms in total. The lowest BCUT2D eigenvalue weighted by atomic mass is 10.0. The summed E-state index contributed by atoms with van der Waals surface area (Å²) in [6, 6.07) is 9.71. The van der Waals surface area contributed by atoms with Crippen molar-refractivity contribution >= 4 is 11.8 Å². The molecule has 0 aliphatic carbocycles. The number of nitrogens with two attached hydrogens (primary N) is 1. The van der Waals surface area contributed by atoms with E-state index in [1.165, 1.54) is 22.6 Å². The van der Waals surface area contributed by atoms with Gasteiger partial charge in [-0.05, 0) is 37.7 Å². The Morgan fingerprint density at radius 1 is 1.38 bits per heavy atom. The third-order valence-electron chi connectivity index (χ3n) is 3.21. The fraction of sp³-hybridized carbons (Fsp3) is 0.538. The van der Waals surface area contributed by atoms with Crippen molar-refractivity contribution in [2.24, 2.45) is 5.73 Å². The molecule has 2 rings (SSSR count). The lowest BCUT2D eigenvalue weighted by Gasteiger charge is -2.30. The lowest BCUT2D eigenvalue weighted by Crippen LogP contribution is -2.43. The van der Waals surface area contributed by atoms with Gasteiger partial charge in [0.05, 0.1) is 0 Å². The summed E-state index contributed by atoms with van der Waals surface area (Å²) in [5.74, 6) is 1.19. The Kier molecular flexibility index (Phi) is 3.90. The summed E-state index contributed by atoms with van der Waals surface area (Å²) in [6.07, 6.45) is 1.19. The predicted octanol–water partition coefficient (Wildman–Crippen LogP) is 2.55. The van der Waals surface area contributed by atoms with E-state index < -0.39 is 0 Å². The summed E-state index contributed by atoms with van der Waals surface area (Å²) in [5, 5.41) is 3.64. The van der Waals surface area contributed by atoms with E-state index in [4.69, 9.17) is 5.73 Å². The minimum atomic E-state index is 0.196. The Labute approximate surface area is 102 Å².